The Balaban J connectivity index is 1.64. The van der Waals surface area contributed by atoms with Crippen molar-refractivity contribution in [1.82, 2.24) is 4.98 Å². The number of rotatable bonds is 14. The molecule has 1 aromatic heterocycles. The highest BCUT2D eigenvalue weighted by atomic mass is 14.6. The smallest absolute Gasteiger partial charge is 0.0308 e. The minimum atomic E-state index is 0.590. The van der Waals surface area contributed by atoms with Gasteiger partial charge in [0.25, 0.3) is 0 Å². The van der Waals surface area contributed by atoms with E-state index in [0.29, 0.717) is 5.92 Å². The number of pyridine rings is 1. The summed E-state index contributed by atoms with van der Waals surface area (Å²) in [6.07, 6.45) is 24.8. The predicted molar refractivity (Wildman–Crippen MR) is 145 cm³/mol. The van der Waals surface area contributed by atoms with Gasteiger partial charge >= 0.3 is 0 Å². The van der Waals surface area contributed by atoms with Gasteiger partial charge in [-0.25, -0.2) is 0 Å². The second kappa shape index (κ2) is 14.6. The molecule has 0 saturated heterocycles. The summed E-state index contributed by atoms with van der Waals surface area (Å²) in [5.41, 5.74) is 5.87. The van der Waals surface area contributed by atoms with Crippen molar-refractivity contribution in [3.63, 3.8) is 0 Å². The summed E-state index contributed by atoms with van der Waals surface area (Å²) >= 11 is 0. The molecule has 1 saturated carbocycles. The third-order valence-electron chi connectivity index (χ3n) is 8.26. The van der Waals surface area contributed by atoms with Crippen molar-refractivity contribution in [2.45, 2.75) is 123 Å². The Labute approximate surface area is 204 Å². The molecule has 0 radical (unpaired) electrons. The van der Waals surface area contributed by atoms with Crippen LogP contribution in [0.4, 0.5) is 0 Å². The maximum absolute atomic E-state index is 4.59. The number of unbranched alkanes of at least 4 members (excludes halogenated alkanes) is 7. The van der Waals surface area contributed by atoms with Crippen LogP contribution < -0.4 is 0 Å². The molecule has 1 aliphatic carbocycles. The monoisotopic (exact) mass is 447 g/mol. The second-order valence-electron chi connectivity index (χ2n) is 10.7. The third-order valence-corrected chi connectivity index (χ3v) is 8.26. The molecule has 0 bridgehead atoms. The fourth-order valence-electron chi connectivity index (χ4n) is 6.03. The third kappa shape index (κ3) is 7.97. The zero-order valence-electron chi connectivity index (χ0n) is 21.8. The number of hydrogen-bond donors (Lipinski definition) is 0. The molecule has 33 heavy (non-hydrogen) atoms. The standard InChI is InChI=1S/C32H49N/c1-4-6-8-10-12-16-29-17-13-14-18-30(29)31-23-24-33-25-32(31)26(3)28-21-19-27(20-22-28)15-11-9-7-5-2/h13-14,17-18,23-28H,4-12,15-16,19-22H2,1-3H3. The molecule has 1 fully saturated rings. The summed E-state index contributed by atoms with van der Waals surface area (Å²) < 4.78 is 0. The zero-order chi connectivity index (χ0) is 23.3. The van der Waals surface area contributed by atoms with E-state index in [9.17, 15) is 0 Å². The summed E-state index contributed by atoms with van der Waals surface area (Å²) in [4.78, 5) is 4.59. The molecule has 0 N–H and O–H groups in total. The maximum Gasteiger partial charge on any atom is 0.0308 e. The summed E-state index contributed by atoms with van der Waals surface area (Å²) in [5.74, 6) is 2.38. The molecule has 0 aliphatic heterocycles. The minimum Gasteiger partial charge on any atom is -0.264 e. The average Bonchev–Trinajstić information content (AvgIpc) is 2.87. The first kappa shape index (κ1) is 26.0. The molecule has 182 valence electrons. The molecular weight excluding hydrogens is 398 g/mol. The fourth-order valence-corrected chi connectivity index (χ4v) is 6.03. The van der Waals surface area contributed by atoms with Gasteiger partial charge in [-0.1, -0.05) is 116 Å². The lowest BCUT2D eigenvalue weighted by atomic mass is 9.72. The van der Waals surface area contributed by atoms with Crippen LogP contribution in [0.3, 0.4) is 0 Å². The molecule has 2 aromatic rings. The van der Waals surface area contributed by atoms with Gasteiger partial charge in [-0.15, -0.1) is 0 Å². The molecular formula is C32H49N. The second-order valence-corrected chi connectivity index (χ2v) is 10.7. The molecule has 1 heteroatoms. The van der Waals surface area contributed by atoms with Gasteiger partial charge < -0.3 is 0 Å². The van der Waals surface area contributed by atoms with Crippen molar-refractivity contribution in [2.24, 2.45) is 11.8 Å². The van der Waals surface area contributed by atoms with E-state index in [4.69, 9.17) is 0 Å². The summed E-state index contributed by atoms with van der Waals surface area (Å²) in [5, 5.41) is 0. The number of nitrogens with zero attached hydrogens (tertiary/aromatic N) is 1. The maximum atomic E-state index is 4.59. The molecule has 1 heterocycles. The van der Waals surface area contributed by atoms with Gasteiger partial charge in [0.05, 0.1) is 0 Å². The van der Waals surface area contributed by atoms with Gasteiger partial charge in [-0.3, -0.25) is 4.98 Å². The van der Waals surface area contributed by atoms with Crippen molar-refractivity contribution >= 4 is 0 Å². The highest BCUT2D eigenvalue weighted by Gasteiger charge is 2.27. The first-order valence-electron chi connectivity index (χ1n) is 14.3. The molecule has 0 spiro atoms. The van der Waals surface area contributed by atoms with E-state index >= 15 is 0 Å². The summed E-state index contributed by atoms with van der Waals surface area (Å²) in [7, 11) is 0. The quantitative estimate of drug-likeness (QED) is 0.262. The Morgan fingerprint density at radius 2 is 1.48 bits per heavy atom. The molecule has 3 rings (SSSR count). The van der Waals surface area contributed by atoms with Crippen LogP contribution in [0.25, 0.3) is 11.1 Å². The van der Waals surface area contributed by atoms with Crippen molar-refractivity contribution in [3.8, 4) is 11.1 Å². The lowest BCUT2D eigenvalue weighted by Gasteiger charge is -2.33. The van der Waals surface area contributed by atoms with Crippen LogP contribution in [0, 0.1) is 11.8 Å². The van der Waals surface area contributed by atoms with E-state index in [0.717, 1.165) is 11.8 Å². The van der Waals surface area contributed by atoms with Gasteiger partial charge in [0, 0.05) is 12.4 Å². The number of aryl methyl sites for hydroxylation is 1. The topological polar surface area (TPSA) is 12.9 Å². The van der Waals surface area contributed by atoms with Crippen LogP contribution >= 0.6 is 0 Å². The van der Waals surface area contributed by atoms with Gasteiger partial charge in [0.2, 0.25) is 0 Å². The largest absolute Gasteiger partial charge is 0.264 e. The van der Waals surface area contributed by atoms with Crippen molar-refractivity contribution in [2.75, 3.05) is 0 Å². The highest BCUT2D eigenvalue weighted by molar-refractivity contribution is 5.71. The molecule has 0 amide bonds. The Kier molecular flexibility index (Phi) is 11.5. The number of benzene rings is 1. The normalized spacial score (nSPS) is 19.5. The molecule has 1 unspecified atom stereocenters. The van der Waals surface area contributed by atoms with E-state index in [1.54, 1.807) is 0 Å². The number of aromatic nitrogens is 1. The van der Waals surface area contributed by atoms with E-state index in [1.165, 1.54) is 119 Å². The van der Waals surface area contributed by atoms with Crippen LogP contribution in [0.15, 0.2) is 42.7 Å². The molecule has 1 aromatic carbocycles. The van der Waals surface area contributed by atoms with Gasteiger partial charge in [0.15, 0.2) is 0 Å². The average molecular weight is 448 g/mol. The van der Waals surface area contributed by atoms with Gasteiger partial charge in [-0.05, 0) is 71.8 Å². The minimum absolute atomic E-state index is 0.590. The van der Waals surface area contributed by atoms with E-state index < -0.39 is 0 Å². The van der Waals surface area contributed by atoms with Crippen LogP contribution in [0.2, 0.25) is 0 Å². The lowest BCUT2D eigenvalue weighted by molar-refractivity contribution is 0.236. The van der Waals surface area contributed by atoms with Crippen LogP contribution in [0.1, 0.15) is 128 Å². The highest BCUT2D eigenvalue weighted by Crippen LogP contribution is 2.42. The first-order chi connectivity index (χ1) is 16.2. The SMILES string of the molecule is CCCCCCCc1ccccc1-c1ccncc1C(C)C1CCC(CCCCCC)CC1. The summed E-state index contributed by atoms with van der Waals surface area (Å²) in [6.45, 7) is 7.08. The van der Waals surface area contributed by atoms with E-state index in [1.807, 2.05) is 6.20 Å². The Bertz CT molecular complexity index is 787. The lowest BCUT2D eigenvalue weighted by Crippen LogP contribution is -2.20. The Hall–Kier alpha value is -1.63. The Morgan fingerprint density at radius 3 is 2.24 bits per heavy atom. The van der Waals surface area contributed by atoms with E-state index in [-0.39, 0.29) is 0 Å². The van der Waals surface area contributed by atoms with E-state index in [2.05, 4.69) is 62.3 Å². The van der Waals surface area contributed by atoms with Crippen LogP contribution in [-0.4, -0.2) is 4.98 Å². The van der Waals surface area contributed by atoms with Crippen molar-refractivity contribution in [1.29, 1.82) is 0 Å². The molecule has 1 nitrogen and oxygen atoms in total. The first-order valence-corrected chi connectivity index (χ1v) is 14.3. The Morgan fingerprint density at radius 1 is 0.788 bits per heavy atom. The van der Waals surface area contributed by atoms with Crippen LogP contribution in [-0.2, 0) is 6.42 Å². The van der Waals surface area contributed by atoms with Crippen molar-refractivity contribution in [3.05, 3.63) is 53.9 Å². The van der Waals surface area contributed by atoms with Gasteiger partial charge in [0.1, 0.15) is 0 Å². The summed E-state index contributed by atoms with van der Waals surface area (Å²) in [6, 6.07) is 11.4. The predicted octanol–water partition coefficient (Wildman–Crippen LogP) is 10.1. The van der Waals surface area contributed by atoms with Crippen molar-refractivity contribution < 1.29 is 0 Å². The van der Waals surface area contributed by atoms with Crippen LogP contribution in [0.5, 0.6) is 0 Å². The fraction of sp³-hybridized carbons (Fsp3) is 0.656. The van der Waals surface area contributed by atoms with Gasteiger partial charge in [-0.2, -0.15) is 0 Å². The number of hydrogen-bond acceptors (Lipinski definition) is 1. The molecule has 1 aliphatic rings. The zero-order valence-corrected chi connectivity index (χ0v) is 21.8. The molecule has 1 atom stereocenters.